The number of nitrogens with zero attached hydrogens (tertiary/aromatic N) is 1. The molecule has 29 heavy (non-hydrogen) atoms. The second-order valence-electron chi connectivity index (χ2n) is 7.04. The Balaban J connectivity index is 1.90. The standard InChI is InChI=1S/C21H27NO6S/c1-26-18-9-6-16(12-19(18)27-2)21-20(14-23)28-11-10-22(21)13-15-4-7-17(8-5-15)29(3,24)25/h4-9,12,20-21,23H,10-11,13-14H2,1-3H3/t20-,21-/m1/s1. The smallest absolute Gasteiger partial charge is 0.175 e. The number of sulfone groups is 1. The summed E-state index contributed by atoms with van der Waals surface area (Å²) in [5.41, 5.74) is 1.94. The molecule has 1 N–H and O–H groups in total. The van der Waals surface area contributed by atoms with Crippen LogP contribution in [0, 0.1) is 0 Å². The van der Waals surface area contributed by atoms with Gasteiger partial charge < -0.3 is 19.3 Å². The second-order valence-corrected chi connectivity index (χ2v) is 9.05. The van der Waals surface area contributed by atoms with Crippen molar-refractivity contribution in [1.29, 1.82) is 0 Å². The second kappa shape index (κ2) is 9.13. The Labute approximate surface area is 171 Å². The van der Waals surface area contributed by atoms with Crippen LogP contribution in [0.2, 0.25) is 0 Å². The van der Waals surface area contributed by atoms with E-state index in [2.05, 4.69) is 4.90 Å². The summed E-state index contributed by atoms with van der Waals surface area (Å²) in [4.78, 5) is 2.52. The molecule has 0 unspecified atom stereocenters. The summed E-state index contributed by atoms with van der Waals surface area (Å²) in [5, 5.41) is 9.89. The first-order valence-corrected chi connectivity index (χ1v) is 11.2. The number of rotatable bonds is 7. The maximum absolute atomic E-state index is 11.7. The molecule has 1 saturated heterocycles. The minimum Gasteiger partial charge on any atom is -0.493 e. The molecular formula is C21H27NO6S. The number of hydrogen-bond acceptors (Lipinski definition) is 7. The minimum absolute atomic E-state index is 0.109. The SMILES string of the molecule is COc1ccc([C@@H]2[C@@H](CO)OCCN2Cc2ccc(S(C)(=O)=O)cc2)cc1OC. The topological polar surface area (TPSA) is 85.3 Å². The van der Waals surface area contributed by atoms with Gasteiger partial charge in [-0.15, -0.1) is 0 Å². The number of aliphatic hydroxyl groups is 1. The lowest BCUT2D eigenvalue weighted by Crippen LogP contribution is -2.46. The van der Waals surface area contributed by atoms with Gasteiger partial charge in [0.25, 0.3) is 0 Å². The Morgan fingerprint density at radius 2 is 1.79 bits per heavy atom. The largest absolute Gasteiger partial charge is 0.493 e. The predicted molar refractivity (Wildman–Crippen MR) is 109 cm³/mol. The zero-order chi connectivity index (χ0) is 21.0. The van der Waals surface area contributed by atoms with Crippen LogP contribution in [0.5, 0.6) is 11.5 Å². The predicted octanol–water partition coefficient (Wildman–Crippen LogP) is 2.04. The third-order valence-electron chi connectivity index (χ3n) is 5.12. The molecule has 7 nitrogen and oxygen atoms in total. The van der Waals surface area contributed by atoms with Crippen LogP contribution >= 0.6 is 0 Å². The summed E-state index contributed by atoms with van der Waals surface area (Å²) in [6.45, 7) is 1.69. The van der Waals surface area contributed by atoms with Crippen molar-refractivity contribution >= 4 is 9.84 Å². The van der Waals surface area contributed by atoms with E-state index in [0.717, 1.165) is 11.1 Å². The van der Waals surface area contributed by atoms with Gasteiger partial charge in [0.2, 0.25) is 0 Å². The molecule has 1 heterocycles. The highest BCUT2D eigenvalue weighted by Gasteiger charge is 2.33. The fourth-order valence-electron chi connectivity index (χ4n) is 3.66. The molecule has 1 aliphatic rings. The van der Waals surface area contributed by atoms with Gasteiger partial charge in [0.15, 0.2) is 21.3 Å². The number of morpholine rings is 1. The highest BCUT2D eigenvalue weighted by Crippen LogP contribution is 2.36. The van der Waals surface area contributed by atoms with Crippen molar-refractivity contribution in [2.45, 2.75) is 23.6 Å². The molecule has 2 aromatic rings. The van der Waals surface area contributed by atoms with Crippen molar-refractivity contribution in [2.24, 2.45) is 0 Å². The Morgan fingerprint density at radius 3 is 2.38 bits per heavy atom. The van der Waals surface area contributed by atoms with E-state index in [0.29, 0.717) is 36.1 Å². The van der Waals surface area contributed by atoms with Crippen LogP contribution in [-0.4, -0.2) is 64.8 Å². The molecule has 8 heteroatoms. The van der Waals surface area contributed by atoms with E-state index in [1.807, 2.05) is 30.3 Å². The summed E-state index contributed by atoms with van der Waals surface area (Å²) in [7, 11) is -0.0514. The molecule has 1 aliphatic heterocycles. The molecule has 3 rings (SSSR count). The first-order chi connectivity index (χ1) is 13.9. The van der Waals surface area contributed by atoms with Crippen LogP contribution in [0.3, 0.4) is 0 Å². The molecule has 0 aliphatic carbocycles. The molecule has 158 valence electrons. The van der Waals surface area contributed by atoms with Crippen LogP contribution in [-0.2, 0) is 21.1 Å². The molecule has 0 spiro atoms. The fraction of sp³-hybridized carbons (Fsp3) is 0.429. The Kier molecular flexibility index (Phi) is 6.79. The van der Waals surface area contributed by atoms with Gasteiger partial charge in [-0.1, -0.05) is 18.2 Å². The van der Waals surface area contributed by atoms with Crippen molar-refractivity contribution < 1.29 is 27.7 Å². The molecule has 0 radical (unpaired) electrons. The third kappa shape index (κ3) is 4.90. The molecule has 2 atom stereocenters. The molecule has 0 amide bonds. The first-order valence-electron chi connectivity index (χ1n) is 9.34. The van der Waals surface area contributed by atoms with Gasteiger partial charge in [-0.2, -0.15) is 0 Å². The molecule has 0 saturated carbocycles. The van der Waals surface area contributed by atoms with E-state index < -0.39 is 9.84 Å². The summed E-state index contributed by atoms with van der Waals surface area (Å²) in [5.74, 6) is 1.25. The van der Waals surface area contributed by atoms with Crippen molar-refractivity contribution in [1.82, 2.24) is 4.90 Å². The van der Waals surface area contributed by atoms with Gasteiger partial charge in [-0.05, 0) is 35.4 Å². The van der Waals surface area contributed by atoms with E-state index >= 15 is 0 Å². The Bertz CT molecular complexity index is 929. The monoisotopic (exact) mass is 421 g/mol. The van der Waals surface area contributed by atoms with Crippen LogP contribution in [0.15, 0.2) is 47.4 Å². The first kappa shape index (κ1) is 21.6. The zero-order valence-electron chi connectivity index (χ0n) is 16.9. The van der Waals surface area contributed by atoms with Crippen LogP contribution < -0.4 is 9.47 Å². The lowest BCUT2D eigenvalue weighted by Gasteiger charge is -2.41. The molecular weight excluding hydrogens is 394 g/mol. The molecule has 0 aromatic heterocycles. The zero-order valence-corrected chi connectivity index (χ0v) is 17.7. The fourth-order valence-corrected chi connectivity index (χ4v) is 4.29. The maximum atomic E-state index is 11.7. The van der Waals surface area contributed by atoms with Gasteiger partial charge >= 0.3 is 0 Å². The highest BCUT2D eigenvalue weighted by molar-refractivity contribution is 7.90. The number of hydrogen-bond donors (Lipinski definition) is 1. The van der Waals surface area contributed by atoms with E-state index in [1.54, 1.807) is 26.4 Å². The van der Waals surface area contributed by atoms with Gasteiger partial charge in [0.1, 0.15) is 6.10 Å². The van der Waals surface area contributed by atoms with Gasteiger partial charge in [0.05, 0.1) is 38.4 Å². The quantitative estimate of drug-likeness (QED) is 0.732. The van der Waals surface area contributed by atoms with Crippen molar-refractivity contribution in [3.8, 4) is 11.5 Å². The van der Waals surface area contributed by atoms with E-state index in [-0.39, 0.29) is 18.8 Å². The van der Waals surface area contributed by atoms with Crippen LogP contribution in [0.4, 0.5) is 0 Å². The average molecular weight is 422 g/mol. The van der Waals surface area contributed by atoms with E-state index in [4.69, 9.17) is 14.2 Å². The lowest BCUT2D eigenvalue weighted by molar-refractivity contribution is -0.0961. The summed E-state index contributed by atoms with van der Waals surface area (Å²) in [6, 6.07) is 12.4. The number of aliphatic hydroxyl groups excluding tert-OH is 1. The number of methoxy groups -OCH3 is 2. The Morgan fingerprint density at radius 1 is 1.10 bits per heavy atom. The van der Waals surface area contributed by atoms with E-state index in [9.17, 15) is 13.5 Å². The van der Waals surface area contributed by atoms with Gasteiger partial charge in [-0.25, -0.2) is 8.42 Å². The number of ether oxygens (including phenoxy) is 3. The summed E-state index contributed by atoms with van der Waals surface area (Å²) in [6.07, 6.45) is 0.820. The van der Waals surface area contributed by atoms with Crippen LogP contribution in [0.1, 0.15) is 17.2 Å². The summed E-state index contributed by atoms with van der Waals surface area (Å²) < 4.78 is 39.9. The highest BCUT2D eigenvalue weighted by atomic mass is 32.2. The lowest BCUT2D eigenvalue weighted by atomic mass is 9.97. The maximum Gasteiger partial charge on any atom is 0.175 e. The Hall–Kier alpha value is -2.13. The van der Waals surface area contributed by atoms with Crippen molar-refractivity contribution in [3.05, 3.63) is 53.6 Å². The van der Waals surface area contributed by atoms with Gasteiger partial charge in [0, 0.05) is 19.3 Å². The summed E-state index contributed by atoms with van der Waals surface area (Å²) >= 11 is 0. The van der Waals surface area contributed by atoms with Gasteiger partial charge in [-0.3, -0.25) is 4.90 Å². The van der Waals surface area contributed by atoms with Crippen LogP contribution in [0.25, 0.3) is 0 Å². The average Bonchev–Trinajstić information content (AvgIpc) is 2.72. The third-order valence-corrected chi connectivity index (χ3v) is 6.25. The molecule has 1 fully saturated rings. The molecule has 0 bridgehead atoms. The molecule has 2 aromatic carbocycles. The minimum atomic E-state index is -3.23. The van der Waals surface area contributed by atoms with Crippen molar-refractivity contribution in [2.75, 3.05) is 40.2 Å². The van der Waals surface area contributed by atoms with E-state index in [1.165, 1.54) is 6.26 Å². The number of benzene rings is 2. The normalized spacial score (nSPS) is 20.4. The van der Waals surface area contributed by atoms with Crippen molar-refractivity contribution in [3.63, 3.8) is 0 Å².